The summed E-state index contributed by atoms with van der Waals surface area (Å²) in [6, 6.07) is 8.47. The monoisotopic (exact) mass is 398 g/mol. The van der Waals surface area contributed by atoms with E-state index in [9.17, 15) is 4.79 Å². The van der Waals surface area contributed by atoms with Gasteiger partial charge in [0.2, 0.25) is 5.91 Å². The standard InChI is InChI=1S/C21H30N6O2/c1-29-20-10-6-5-7-16(20)11-12-22-21(28)19-13-18(27-15-23-24-25-27)14-26(19)17-8-3-2-4-9-17/h5-7,10,15,17-19H,2-4,8-9,11-14H2,1H3,(H,22,28)/t18-,19-/m0/s1. The Morgan fingerprint density at radius 3 is 2.79 bits per heavy atom. The molecule has 8 heteroatoms. The van der Waals surface area contributed by atoms with E-state index in [-0.39, 0.29) is 18.0 Å². The Bertz CT molecular complexity index is 790. The van der Waals surface area contributed by atoms with Crippen LogP contribution >= 0.6 is 0 Å². The molecular weight excluding hydrogens is 368 g/mol. The fraction of sp³-hybridized carbons (Fsp3) is 0.619. The molecule has 1 N–H and O–H groups in total. The zero-order chi connectivity index (χ0) is 20.1. The van der Waals surface area contributed by atoms with Crippen molar-refractivity contribution in [1.82, 2.24) is 30.4 Å². The summed E-state index contributed by atoms with van der Waals surface area (Å²) >= 11 is 0. The molecule has 1 amide bonds. The van der Waals surface area contributed by atoms with E-state index >= 15 is 0 Å². The van der Waals surface area contributed by atoms with E-state index < -0.39 is 0 Å². The number of rotatable bonds is 7. The molecule has 0 unspecified atom stereocenters. The number of likely N-dealkylation sites (tertiary alicyclic amines) is 1. The molecule has 1 aromatic carbocycles. The molecule has 2 atom stereocenters. The minimum atomic E-state index is -0.120. The predicted octanol–water partition coefficient (Wildman–Crippen LogP) is 1.99. The van der Waals surface area contributed by atoms with E-state index in [4.69, 9.17) is 4.74 Å². The summed E-state index contributed by atoms with van der Waals surface area (Å²) in [5.74, 6) is 0.978. The third kappa shape index (κ3) is 4.58. The summed E-state index contributed by atoms with van der Waals surface area (Å²) in [6.07, 6.45) is 9.31. The maximum Gasteiger partial charge on any atom is 0.237 e. The van der Waals surface area contributed by atoms with E-state index in [1.807, 2.05) is 24.3 Å². The number of aromatic nitrogens is 4. The van der Waals surface area contributed by atoms with Gasteiger partial charge < -0.3 is 10.1 Å². The SMILES string of the molecule is COc1ccccc1CCNC(=O)[C@@H]1C[C@H](n2cnnn2)CN1C1CCCCC1. The second-order valence-corrected chi connectivity index (χ2v) is 8.04. The van der Waals surface area contributed by atoms with Crippen molar-refractivity contribution in [3.63, 3.8) is 0 Å². The number of para-hydroxylation sites is 1. The van der Waals surface area contributed by atoms with Crippen molar-refractivity contribution in [3.05, 3.63) is 36.2 Å². The third-order valence-corrected chi connectivity index (χ3v) is 6.29. The molecule has 1 aromatic heterocycles. The lowest BCUT2D eigenvalue weighted by Crippen LogP contribution is -2.48. The van der Waals surface area contributed by atoms with Crippen LogP contribution in [0.25, 0.3) is 0 Å². The van der Waals surface area contributed by atoms with Gasteiger partial charge in [0.25, 0.3) is 0 Å². The number of carbonyl (C=O) groups excluding carboxylic acids is 1. The van der Waals surface area contributed by atoms with Crippen LogP contribution in [0.3, 0.4) is 0 Å². The third-order valence-electron chi connectivity index (χ3n) is 6.29. The molecule has 0 radical (unpaired) electrons. The molecule has 2 aliphatic rings. The quantitative estimate of drug-likeness (QED) is 0.768. The maximum atomic E-state index is 13.1. The topological polar surface area (TPSA) is 85.2 Å². The van der Waals surface area contributed by atoms with Gasteiger partial charge in [0.1, 0.15) is 12.1 Å². The highest BCUT2D eigenvalue weighted by Crippen LogP contribution is 2.33. The maximum absolute atomic E-state index is 13.1. The van der Waals surface area contributed by atoms with Crippen LogP contribution in [0, 0.1) is 0 Å². The average molecular weight is 399 g/mol. The largest absolute Gasteiger partial charge is 0.496 e. The van der Waals surface area contributed by atoms with E-state index in [2.05, 4.69) is 25.7 Å². The number of benzene rings is 1. The molecule has 0 bridgehead atoms. The molecular formula is C21H30N6O2. The van der Waals surface area contributed by atoms with Crippen LogP contribution < -0.4 is 10.1 Å². The fourth-order valence-corrected chi connectivity index (χ4v) is 4.79. The Morgan fingerprint density at radius 2 is 2.03 bits per heavy atom. The number of tetrazole rings is 1. The van der Waals surface area contributed by atoms with Crippen molar-refractivity contribution in [2.24, 2.45) is 0 Å². The van der Waals surface area contributed by atoms with Crippen molar-refractivity contribution >= 4 is 5.91 Å². The smallest absolute Gasteiger partial charge is 0.237 e. The predicted molar refractivity (Wildman–Crippen MR) is 109 cm³/mol. The van der Waals surface area contributed by atoms with Gasteiger partial charge in [-0.25, -0.2) is 4.68 Å². The number of nitrogens with zero attached hydrogens (tertiary/aromatic N) is 5. The Morgan fingerprint density at radius 1 is 1.21 bits per heavy atom. The first-order valence-corrected chi connectivity index (χ1v) is 10.6. The molecule has 29 heavy (non-hydrogen) atoms. The van der Waals surface area contributed by atoms with Gasteiger partial charge in [0.15, 0.2) is 0 Å². The van der Waals surface area contributed by atoms with Gasteiger partial charge in [-0.05, 0) is 47.7 Å². The van der Waals surface area contributed by atoms with Gasteiger partial charge in [-0.1, -0.05) is 37.5 Å². The zero-order valence-corrected chi connectivity index (χ0v) is 17.0. The number of carbonyl (C=O) groups is 1. The number of nitrogens with one attached hydrogen (secondary N) is 1. The van der Waals surface area contributed by atoms with Gasteiger partial charge >= 0.3 is 0 Å². The van der Waals surface area contributed by atoms with E-state index in [0.717, 1.165) is 30.7 Å². The van der Waals surface area contributed by atoms with Crippen LogP contribution in [0.15, 0.2) is 30.6 Å². The molecule has 1 aliphatic carbocycles. The van der Waals surface area contributed by atoms with Crippen LogP contribution in [-0.2, 0) is 11.2 Å². The molecule has 1 aliphatic heterocycles. The minimum absolute atomic E-state index is 0.112. The summed E-state index contributed by atoms with van der Waals surface area (Å²) in [4.78, 5) is 15.5. The number of amides is 1. The summed E-state index contributed by atoms with van der Waals surface area (Å²) < 4.78 is 7.22. The summed E-state index contributed by atoms with van der Waals surface area (Å²) in [7, 11) is 1.68. The Balaban J connectivity index is 1.40. The lowest BCUT2D eigenvalue weighted by molar-refractivity contribution is -0.126. The lowest BCUT2D eigenvalue weighted by Gasteiger charge is -2.34. The van der Waals surface area contributed by atoms with Crippen LogP contribution in [0.2, 0.25) is 0 Å². The van der Waals surface area contributed by atoms with E-state index in [1.165, 1.54) is 32.1 Å². The van der Waals surface area contributed by atoms with Gasteiger partial charge in [-0.15, -0.1) is 5.10 Å². The summed E-state index contributed by atoms with van der Waals surface area (Å²) in [6.45, 7) is 1.43. The average Bonchev–Trinajstić information content (AvgIpc) is 3.44. The van der Waals surface area contributed by atoms with Crippen LogP contribution in [0.5, 0.6) is 5.75 Å². The molecule has 1 saturated heterocycles. The van der Waals surface area contributed by atoms with Crippen LogP contribution in [-0.4, -0.2) is 63.3 Å². The first-order valence-electron chi connectivity index (χ1n) is 10.6. The molecule has 1 saturated carbocycles. The zero-order valence-electron chi connectivity index (χ0n) is 17.0. The molecule has 2 heterocycles. The van der Waals surface area contributed by atoms with Crippen molar-refractivity contribution in [1.29, 1.82) is 0 Å². The van der Waals surface area contributed by atoms with Crippen LogP contribution in [0.1, 0.15) is 50.1 Å². The number of hydrogen-bond donors (Lipinski definition) is 1. The number of ether oxygens (including phenoxy) is 1. The second-order valence-electron chi connectivity index (χ2n) is 8.04. The van der Waals surface area contributed by atoms with Gasteiger partial charge in [0, 0.05) is 19.1 Å². The van der Waals surface area contributed by atoms with Crippen molar-refractivity contribution < 1.29 is 9.53 Å². The highest BCUT2D eigenvalue weighted by Gasteiger charge is 2.41. The molecule has 2 aromatic rings. The highest BCUT2D eigenvalue weighted by molar-refractivity contribution is 5.82. The first kappa shape index (κ1) is 19.8. The van der Waals surface area contributed by atoms with Crippen molar-refractivity contribution in [2.45, 2.75) is 63.1 Å². The van der Waals surface area contributed by atoms with Crippen molar-refractivity contribution in [2.75, 3.05) is 20.2 Å². The molecule has 4 rings (SSSR count). The summed E-state index contributed by atoms with van der Waals surface area (Å²) in [5.41, 5.74) is 1.11. The molecule has 2 fully saturated rings. The van der Waals surface area contributed by atoms with Gasteiger partial charge in [-0.3, -0.25) is 9.69 Å². The Hall–Kier alpha value is -2.48. The second kappa shape index (κ2) is 9.35. The molecule has 0 spiro atoms. The normalized spacial score (nSPS) is 23.2. The van der Waals surface area contributed by atoms with Gasteiger partial charge in [0.05, 0.1) is 19.2 Å². The fourth-order valence-electron chi connectivity index (χ4n) is 4.79. The number of methoxy groups -OCH3 is 1. The number of hydrogen-bond acceptors (Lipinski definition) is 6. The Kier molecular flexibility index (Phi) is 6.39. The summed E-state index contributed by atoms with van der Waals surface area (Å²) in [5, 5.41) is 14.8. The van der Waals surface area contributed by atoms with E-state index in [0.29, 0.717) is 12.6 Å². The lowest BCUT2D eigenvalue weighted by atomic mass is 9.93. The minimum Gasteiger partial charge on any atom is -0.496 e. The molecule has 8 nitrogen and oxygen atoms in total. The first-order chi connectivity index (χ1) is 14.3. The Labute approximate surface area is 171 Å². The van der Waals surface area contributed by atoms with E-state index in [1.54, 1.807) is 18.1 Å². The highest BCUT2D eigenvalue weighted by atomic mass is 16.5. The molecule has 156 valence electrons. The van der Waals surface area contributed by atoms with Crippen molar-refractivity contribution in [3.8, 4) is 5.75 Å². The van der Waals surface area contributed by atoms with Gasteiger partial charge in [-0.2, -0.15) is 0 Å². The van der Waals surface area contributed by atoms with Crippen LogP contribution in [0.4, 0.5) is 0 Å².